The first-order valence-electron chi connectivity index (χ1n) is 11.9. The van der Waals surface area contributed by atoms with E-state index in [-0.39, 0.29) is 18.1 Å². The smallest absolute Gasteiger partial charge is 0.253 e. The van der Waals surface area contributed by atoms with E-state index in [0.717, 1.165) is 22.5 Å². The van der Waals surface area contributed by atoms with Crippen molar-refractivity contribution < 1.29 is 19.1 Å². The standard InChI is InChI=1S/C27H31N5O4S/c1-5-7-21(28-3)18-8-6-9-19(12-18)23-15-37-26(30-23)31-25(34)22(14-35-4)29-24(33)20-10-11-32(13-20)27(2)16-36-17-27/h5-13,15,22H,14,16-17H2,1-4H3,(H,29,33)(H,30,31,34)/b7-5-,28-21?. The third kappa shape index (κ3) is 6.04. The topological polar surface area (TPSA) is 107 Å². The highest BCUT2D eigenvalue weighted by Gasteiger charge is 2.35. The van der Waals surface area contributed by atoms with Crippen LogP contribution in [0.5, 0.6) is 0 Å². The number of rotatable bonds is 10. The fourth-order valence-corrected chi connectivity index (χ4v) is 4.68. The summed E-state index contributed by atoms with van der Waals surface area (Å²) in [4.78, 5) is 34.8. The van der Waals surface area contributed by atoms with Gasteiger partial charge in [0.2, 0.25) is 0 Å². The molecule has 1 aromatic carbocycles. The van der Waals surface area contributed by atoms with Crippen molar-refractivity contribution in [1.29, 1.82) is 0 Å². The van der Waals surface area contributed by atoms with E-state index in [2.05, 4.69) is 27.5 Å². The molecule has 1 atom stereocenters. The second kappa shape index (κ2) is 11.6. The van der Waals surface area contributed by atoms with Crippen molar-refractivity contribution in [2.24, 2.45) is 4.99 Å². The van der Waals surface area contributed by atoms with E-state index in [1.165, 1.54) is 18.4 Å². The maximum atomic E-state index is 13.0. The number of benzene rings is 1. The lowest BCUT2D eigenvalue weighted by molar-refractivity contribution is -0.119. The van der Waals surface area contributed by atoms with Crippen LogP contribution in [0.2, 0.25) is 0 Å². The number of anilines is 1. The summed E-state index contributed by atoms with van der Waals surface area (Å²) in [7, 11) is 3.24. The summed E-state index contributed by atoms with van der Waals surface area (Å²) in [5.74, 6) is -0.761. The zero-order valence-electron chi connectivity index (χ0n) is 21.4. The number of nitrogens with one attached hydrogen (secondary N) is 2. The van der Waals surface area contributed by atoms with E-state index in [4.69, 9.17) is 9.47 Å². The number of aliphatic imine (C=N–C) groups is 1. The minimum atomic E-state index is -0.886. The molecule has 1 saturated heterocycles. The minimum absolute atomic E-state index is 0.0220. The average molecular weight is 522 g/mol. The van der Waals surface area contributed by atoms with Crippen LogP contribution in [0.25, 0.3) is 11.3 Å². The number of carbonyl (C=O) groups is 2. The Morgan fingerprint density at radius 1 is 1.32 bits per heavy atom. The third-order valence-corrected chi connectivity index (χ3v) is 6.87. The second-order valence-electron chi connectivity index (χ2n) is 9.00. The molecule has 0 saturated carbocycles. The molecule has 2 N–H and O–H groups in total. The monoisotopic (exact) mass is 521 g/mol. The van der Waals surface area contributed by atoms with Crippen LogP contribution in [-0.2, 0) is 19.8 Å². The molecule has 1 unspecified atom stereocenters. The molecule has 2 amide bonds. The van der Waals surface area contributed by atoms with Gasteiger partial charge in [-0.05, 0) is 32.1 Å². The van der Waals surface area contributed by atoms with Gasteiger partial charge in [0.15, 0.2) is 5.13 Å². The summed E-state index contributed by atoms with van der Waals surface area (Å²) in [5.41, 5.74) is 3.81. The maximum absolute atomic E-state index is 13.0. The van der Waals surface area contributed by atoms with Crippen LogP contribution in [0.1, 0.15) is 29.8 Å². The van der Waals surface area contributed by atoms with E-state index in [9.17, 15) is 9.59 Å². The molecule has 3 aromatic rings. The van der Waals surface area contributed by atoms with E-state index < -0.39 is 11.9 Å². The van der Waals surface area contributed by atoms with Gasteiger partial charge in [-0.25, -0.2) is 4.98 Å². The highest BCUT2D eigenvalue weighted by molar-refractivity contribution is 7.14. The lowest BCUT2D eigenvalue weighted by Crippen LogP contribution is -2.48. The molecular weight excluding hydrogens is 490 g/mol. The van der Waals surface area contributed by atoms with E-state index in [1.54, 1.807) is 19.3 Å². The van der Waals surface area contributed by atoms with Gasteiger partial charge in [-0.3, -0.25) is 14.6 Å². The summed E-state index contributed by atoms with van der Waals surface area (Å²) in [6, 6.07) is 8.76. The van der Waals surface area contributed by atoms with Crippen molar-refractivity contribution >= 4 is 34.0 Å². The Morgan fingerprint density at radius 2 is 2.14 bits per heavy atom. The van der Waals surface area contributed by atoms with E-state index in [0.29, 0.717) is 23.9 Å². The van der Waals surface area contributed by atoms with Crippen molar-refractivity contribution in [3.05, 3.63) is 71.4 Å². The minimum Gasteiger partial charge on any atom is -0.382 e. The van der Waals surface area contributed by atoms with Crippen LogP contribution in [0.4, 0.5) is 5.13 Å². The summed E-state index contributed by atoms with van der Waals surface area (Å²) in [6.45, 7) is 5.23. The fourth-order valence-electron chi connectivity index (χ4n) is 3.96. The molecular formula is C27H31N5O4S. The molecule has 37 heavy (non-hydrogen) atoms. The predicted octanol–water partition coefficient (Wildman–Crippen LogP) is 3.74. The number of hydrogen-bond acceptors (Lipinski definition) is 7. The number of amides is 2. The van der Waals surface area contributed by atoms with Gasteiger partial charge >= 0.3 is 0 Å². The molecule has 4 rings (SSSR count). The highest BCUT2D eigenvalue weighted by Crippen LogP contribution is 2.27. The van der Waals surface area contributed by atoms with Crippen LogP contribution in [0.3, 0.4) is 0 Å². The number of allylic oxidation sites excluding steroid dienone is 2. The van der Waals surface area contributed by atoms with Gasteiger partial charge in [-0.1, -0.05) is 24.3 Å². The number of ether oxygens (including phenoxy) is 2. The largest absolute Gasteiger partial charge is 0.382 e. The Bertz CT molecular complexity index is 1320. The van der Waals surface area contributed by atoms with Crippen molar-refractivity contribution in [3.63, 3.8) is 0 Å². The SMILES string of the molecule is C/C=C\C(=NC)c1cccc(-c2csc(NC(=O)C(COC)NC(=O)c3ccn(C4(C)COC4)c3)n2)c1. The molecule has 1 aliphatic heterocycles. The van der Waals surface area contributed by atoms with Gasteiger partial charge in [-0.2, -0.15) is 0 Å². The fraction of sp³-hybridized carbons (Fsp3) is 0.333. The molecule has 0 aliphatic carbocycles. The molecule has 0 spiro atoms. The van der Waals surface area contributed by atoms with Crippen LogP contribution in [0, 0.1) is 0 Å². The number of methoxy groups -OCH3 is 1. The molecule has 10 heteroatoms. The first-order chi connectivity index (χ1) is 17.9. The first-order valence-corrected chi connectivity index (χ1v) is 12.8. The van der Waals surface area contributed by atoms with Gasteiger partial charge in [0, 0.05) is 43.1 Å². The van der Waals surface area contributed by atoms with Gasteiger partial charge in [-0.15, -0.1) is 11.3 Å². The third-order valence-electron chi connectivity index (χ3n) is 6.11. The lowest BCUT2D eigenvalue weighted by Gasteiger charge is -2.39. The number of aromatic nitrogens is 2. The van der Waals surface area contributed by atoms with Crippen molar-refractivity contribution in [2.45, 2.75) is 25.4 Å². The number of thiazole rings is 1. The van der Waals surface area contributed by atoms with Crippen LogP contribution < -0.4 is 10.6 Å². The molecule has 0 radical (unpaired) electrons. The van der Waals surface area contributed by atoms with Crippen molar-refractivity contribution in [2.75, 3.05) is 39.3 Å². The van der Waals surface area contributed by atoms with E-state index in [1.807, 2.05) is 59.5 Å². The zero-order valence-corrected chi connectivity index (χ0v) is 22.2. The first kappa shape index (κ1) is 26.5. The molecule has 194 valence electrons. The Morgan fingerprint density at radius 3 is 2.81 bits per heavy atom. The Labute approximate surface area is 220 Å². The zero-order chi connectivity index (χ0) is 26.4. The van der Waals surface area contributed by atoms with Crippen molar-refractivity contribution in [1.82, 2.24) is 14.9 Å². The molecule has 1 fully saturated rings. The van der Waals surface area contributed by atoms with Crippen LogP contribution in [-0.4, -0.2) is 67.1 Å². The summed E-state index contributed by atoms with van der Waals surface area (Å²) < 4.78 is 12.5. The quantitative estimate of drug-likeness (QED) is 0.396. The predicted molar refractivity (Wildman–Crippen MR) is 145 cm³/mol. The van der Waals surface area contributed by atoms with Crippen LogP contribution in [0.15, 0.2) is 65.3 Å². The van der Waals surface area contributed by atoms with Crippen LogP contribution >= 0.6 is 11.3 Å². The van der Waals surface area contributed by atoms with Crippen molar-refractivity contribution in [3.8, 4) is 11.3 Å². The van der Waals surface area contributed by atoms with Gasteiger partial charge in [0.25, 0.3) is 11.8 Å². The Kier molecular flexibility index (Phi) is 8.32. The molecule has 3 heterocycles. The van der Waals surface area contributed by atoms with Gasteiger partial charge < -0.3 is 24.7 Å². The number of nitrogens with zero attached hydrogens (tertiary/aromatic N) is 3. The molecule has 9 nitrogen and oxygen atoms in total. The Hall–Kier alpha value is -3.60. The Balaban J connectivity index is 1.43. The average Bonchev–Trinajstić information content (AvgIpc) is 3.56. The molecule has 1 aliphatic rings. The lowest BCUT2D eigenvalue weighted by atomic mass is 10.0. The molecule has 0 bridgehead atoms. The maximum Gasteiger partial charge on any atom is 0.253 e. The summed E-state index contributed by atoms with van der Waals surface area (Å²) >= 11 is 1.31. The van der Waals surface area contributed by atoms with Gasteiger partial charge in [0.1, 0.15) is 6.04 Å². The molecule has 2 aromatic heterocycles. The highest BCUT2D eigenvalue weighted by atomic mass is 32.1. The number of hydrogen-bond donors (Lipinski definition) is 2. The summed E-state index contributed by atoms with van der Waals surface area (Å²) in [5, 5.41) is 7.89. The number of carbonyl (C=O) groups excluding carboxylic acids is 2. The normalized spacial score (nSPS) is 15.8. The van der Waals surface area contributed by atoms with E-state index >= 15 is 0 Å². The summed E-state index contributed by atoms with van der Waals surface area (Å²) in [6.07, 6.45) is 7.52. The van der Waals surface area contributed by atoms with Gasteiger partial charge in [0.05, 0.1) is 42.3 Å². The second-order valence-corrected chi connectivity index (χ2v) is 9.85.